The summed E-state index contributed by atoms with van der Waals surface area (Å²) < 4.78 is 23.4. The van der Waals surface area contributed by atoms with E-state index in [0.717, 1.165) is 6.54 Å². The summed E-state index contributed by atoms with van der Waals surface area (Å²) in [6, 6.07) is 0.452. The van der Waals surface area contributed by atoms with Gasteiger partial charge >= 0.3 is 0 Å². The third-order valence-corrected chi connectivity index (χ3v) is 3.53. The van der Waals surface area contributed by atoms with E-state index in [1.807, 2.05) is 7.05 Å². The molecule has 0 unspecified atom stereocenters. The zero-order chi connectivity index (χ0) is 10.6. The fourth-order valence-corrected chi connectivity index (χ4v) is 1.14. The highest BCUT2D eigenvalue weighted by molar-refractivity contribution is 7.88. The van der Waals surface area contributed by atoms with Crippen molar-refractivity contribution in [2.24, 2.45) is 0 Å². The van der Waals surface area contributed by atoms with Crippen LogP contribution in [0.15, 0.2) is 0 Å². The zero-order valence-electron chi connectivity index (χ0n) is 9.11. The molecule has 0 spiro atoms. The first-order chi connectivity index (χ1) is 5.75. The van der Waals surface area contributed by atoms with Gasteiger partial charge in [-0.15, -0.1) is 0 Å². The van der Waals surface area contributed by atoms with E-state index in [0.29, 0.717) is 12.6 Å². The molecule has 0 bridgehead atoms. The van der Waals surface area contributed by atoms with Crippen molar-refractivity contribution in [3.63, 3.8) is 0 Å². The average molecular weight is 208 g/mol. The lowest BCUT2D eigenvalue weighted by Crippen LogP contribution is -2.36. The third kappa shape index (κ3) is 5.23. The standard InChI is InChI=1S/C8H20N2O2S/c1-8(2)9(3)6-7-10(4)13(5,11)12/h8H,6-7H2,1-5H3. The third-order valence-electron chi connectivity index (χ3n) is 2.22. The van der Waals surface area contributed by atoms with Gasteiger partial charge in [-0.25, -0.2) is 12.7 Å². The number of hydrogen-bond donors (Lipinski definition) is 0. The minimum atomic E-state index is -3.02. The van der Waals surface area contributed by atoms with Crippen molar-refractivity contribution >= 4 is 10.0 Å². The molecule has 0 rings (SSSR count). The van der Waals surface area contributed by atoms with Crippen molar-refractivity contribution in [1.82, 2.24) is 9.21 Å². The fourth-order valence-electron chi connectivity index (χ4n) is 0.723. The van der Waals surface area contributed by atoms with Gasteiger partial charge in [-0.1, -0.05) is 0 Å². The van der Waals surface area contributed by atoms with Crippen molar-refractivity contribution in [2.45, 2.75) is 19.9 Å². The number of likely N-dealkylation sites (N-methyl/N-ethyl adjacent to an activating group) is 2. The first kappa shape index (κ1) is 12.9. The Balaban J connectivity index is 3.91. The van der Waals surface area contributed by atoms with Crippen LogP contribution in [0, 0.1) is 0 Å². The molecule has 0 aromatic heterocycles. The molecule has 13 heavy (non-hydrogen) atoms. The molecule has 0 aliphatic heterocycles. The Morgan fingerprint density at radius 1 is 1.15 bits per heavy atom. The SMILES string of the molecule is CC(C)N(C)CCN(C)S(C)(=O)=O. The van der Waals surface area contributed by atoms with Crippen LogP contribution in [0.1, 0.15) is 13.8 Å². The van der Waals surface area contributed by atoms with Crippen LogP contribution in [0.25, 0.3) is 0 Å². The van der Waals surface area contributed by atoms with Gasteiger partial charge in [0.05, 0.1) is 6.26 Å². The predicted molar refractivity (Wildman–Crippen MR) is 55.2 cm³/mol. The lowest BCUT2D eigenvalue weighted by atomic mass is 10.3. The molecule has 5 heteroatoms. The predicted octanol–water partition coefficient (Wildman–Crippen LogP) is 0.218. The Kier molecular flexibility index (Phi) is 4.88. The van der Waals surface area contributed by atoms with Gasteiger partial charge in [0.15, 0.2) is 0 Å². The molecule has 0 aromatic rings. The molecule has 0 fully saturated rings. The van der Waals surface area contributed by atoms with E-state index in [-0.39, 0.29) is 0 Å². The molecule has 0 heterocycles. The maximum atomic E-state index is 11.0. The molecule has 0 aromatic carbocycles. The summed E-state index contributed by atoms with van der Waals surface area (Å²) in [6.07, 6.45) is 1.22. The van der Waals surface area contributed by atoms with Crippen LogP contribution >= 0.6 is 0 Å². The van der Waals surface area contributed by atoms with E-state index in [2.05, 4.69) is 18.7 Å². The van der Waals surface area contributed by atoms with E-state index < -0.39 is 10.0 Å². The second-order valence-electron chi connectivity index (χ2n) is 3.66. The molecule has 0 aliphatic carbocycles. The van der Waals surface area contributed by atoms with Crippen LogP contribution in [0.5, 0.6) is 0 Å². The first-order valence-electron chi connectivity index (χ1n) is 4.36. The number of nitrogens with zero attached hydrogens (tertiary/aromatic N) is 2. The maximum absolute atomic E-state index is 11.0. The normalized spacial score (nSPS) is 13.2. The Labute approximate surface area is 81.6 Å². The molecule has 0 radical (unpaired) electrons. The average Bonchev–Trinajstić information content (AvgIpc) is 1.97. The second-order valence-corrected chi connectivity index (χ2v) is 5.75. The highest BCUT2D eigenvalue weighted by atomic mass is 32.2. The van der Waals surface area contributed by atoms with E-state index in [1.54, 1.807) is 7.05 Å². The van der Waals surface area contributed by atoms with Gasteiger partial charge in [0.25, 0.3) is 0 Å². The summed E-state index contributed by atoms with van der Waals surface area (Å²) >= 11 is 0. The minimum absolute atomic E-state index is 0.452. The van der Waals surface area contributed by atoms with Gasteiger partial charge < -0.3 is 4.90 Å². The van der Waals surface area contributed by atoms with Crippen LogP contribution in [-0.2, 0) is 10.0 Å². The molecule has 0 atom stereocenters. The Hall–Kier alpha value is -0.130. The van der Waals surface area contributed by atoms with Gasteiger partial charge in [-0.05, 0) is 20.9 Å². The summed E-state index contributed by atoms with van der Waals surface area (Å²) in [7, 11) is 0.570. The topological polar surface area (TPSA) is 40.6 Å². The number of sulfonamides is 1. The van der Waals surface area contributed by atoms with E-state index in [9.17, 15) is 8.42 Å². The number of rotatable bonds is 5. The Morgan fingerprint density at radius 3 is 1.92 bits per heavy atom. The number of hydrogen-bond acceptors (Lipinski definition) is 3. The van der Waals surface area contributed by atoms with Gasteiger partial charge in [-0.2, -0.15) is 0 Å². The largest absolute Gasteiger partial charge is 0.303 e. The van der Waals surface area contributed by atoms with Crippen molar-refractivity contribution in [2.75, 3.05) is 33.4 Å². The summed E-state index contributed by atoms with van der Waals surface area (Å²) in [5.74, 6) is 0. The van der Waals surface area contributed by atoms with Crippen LogP contribution in [0.4, 0.5) is 0 Å². The molecular weight excluding hydrogens is 188 g/mol. The molecule has 0 saturated carbocycles. The van der Waals surface area contributed by atoms with Gasteiger partial charge in [-0.3, -0.25) is 0 Å². The van der Waals surface area contributed by atoms with Crippen LogP contribution in [0.2, 0.25) is 0 Å². The van der Waals surface area contributed by atoms with Crippen LogP contribution < -0.4 is 0 Å². The van der Waals surface area contributed by atoms with Crippen molar-refractivity contribution in [3.8, 4) is 0 Å². The maximum Gasteiger partial charge on any atom is 0.210 e. The monoisotopic (exact) mass is 208 g/mol. The second kappa shape index (κ2) is 4.93. The van der Waals surface area contributed by atoms with Crippen molar-refractivity contribution in [1.29, 1.82) is 0 Å². The van der Waals surface area contributed by atoms with Gasteiger partial charge in [0, 0.05) is 26.2 Å². The zero-order valence-corrected chi connectivity index (χ0v) is 9.93. The van der Waals surface area contributed by atoms with E-state index in [4.69, 9.17) is 0 Å². The van der Waals surface area contributed by atoms with E-state index >= 15 is 0 Å². The summed E-state index contributed by atoms with van der Waals surface area (Å²) in [4.78, 5) is 2.11. The fraction of sp³-hybridized carbons (Fsp3) is 1.00. The van der Waals surface area contributed by atoms with Gasteiger partial charge in [0.2, 0.25) is 10.0 Å². The quantitative estimate of drug-likeness (QED) is 0.649. The van der Waals surface area contributed by atoms with Crippen molar-refractivity contribution < 1.29 is 8.42 Å². The Morgan fingerprint density at radius 2 is 1.62 bits per heavy atom. The molecule has 0 saturated heterocycles. The molecule has 0 N–H and O–H groups in total. The highest BCUT2D eigenvalue weighted by Crippen LogP contribution is 1.96. The summed E-state index contributed by atoms with van der Waals surface area (Å²) in [5.41, 5.74) is 0. The lowest BCUT2D eigenvalue weighted by molar-refractivity contribution is 0.258. The highest BCUT2D eigenvalue weighted by Gasteiger charge is 2.11. The molecule has 4 nitrogen and oxygen atoms in total. The summed E-state index contributed by atoms with van der Waals surface area (Å²) in [6.45, 7) is 5.48. The molecular formula is C8H20N2O2S. The lowest BCUT2D eigenvalue weighted by Gasteiger charge is -2.23. The molecule has 80 valence electrons. The van der Waals surface area contributed by atoms with Gasteiger partial charge in [0.1, 0.15) is 0 Å². The molecule has 0 aliphatic rings. The van der Waals surface area contributed by atoms with Crippen molar-refractivity contribution in [3.05, 3.63) is 0 Å². The minimum Gasteiger partial charge on any atom is -0.303 e. The first-order valence-corrected chi connectivity index (χ1v) is 6.21. The Bertz CT molecular complexity index is 237. The van der Waals surface area contributed by atoms with E-state index in [1.165, 1.54) is 10.6 Å². The van der Waals surface area contributed by atoms with Crippen LogP contribution in [-0.4, -0.2) is 57.1 Å². The smallest absolute Gasteiger partial charge is 0.210 e. The molecule has 0 amide bonds. The van der Waals surface area contributed by atoms with Crippen LogP contribution in [0.3, 0.4) is 0 Å². The summed E-state index contributed by atoms with van der Waals surface area (Å²) in [5, 5.41) is 0.